The van der Waals surface area contributed by atoms with Crippen LogP contribution in [0.15, 0.2) is 78.9 Å². The van der Waals surface area contributed by atoms with E-state index in [1.807, 2.05) is 54.3 Å². The van der Waals surface area contributed by atoms with Crippen molar-refractivity contribution in [1.29, 1.82) is 0 Å². The fourth-order valence-corrected chi connectivity index (χ4v) is 4.08. The molecule has 1 heterocycles. The van der Waals surface area contributed by atoms with Crippen LogP contribution in [0.4, 0.5) is 5.69 Å². The first-order chi connectivity index (χ1) is 16.1. The maximum Gasteiger partial charge on any atom is 0.265 e. The average Bonchev–Trinajstić information content (AvgIpc) is 2.88. The van der Waals surface area contributed by atoms with Gasteiger partial charge in [-0.1, -0.05) is 55.5 Å². The summed E-state index contributed by atoms with van der Waals surface area (Å²) in [7, 11) is 0. The summed E-state index contributed by atoms with van der Waals surface area (Å²) in [4.78, 5) is 27.6. The normalized spacial score (nSPS) is 14.4. The van der Waals surface area contributed by atoms with Crippen molar-refractivity contribution in [1.82, 2.24) is 4.90 Å². The van der Waals surface area contributed by atoms with Crippen LogP contribution in [0.2, 0.25) is 0 Å². The third-order valence-electron chi connectivity index (χ3n) is 5.92. The van der Waals surface area contributed by atoms with Gasteiger partial charge in [0.2, 0.25) is 0 Å². The minimum absolute atomic E-state index is 0.0209. The van der Waals surface area contributed by atoms with Crippen LogP contribution in [-0.4, -0.2) is 35.9 Å². The van der Waals surface area contributed by atoms with Crippen LogP contribution in [0.5, 0.6) is 5.75 Å². The summed E-state index contributed by atoms with van der Waals surface area (Å²) < 4.78 is 5.97. The van der Waals surface area contributed by atoms with Gasteiger partial charge in [0.05, 0.1) is 0 Å². The Morgan fingerprint density at radius 3 is 2.27 bits per heavy atom. The van der Waals surface area contributed by atoms with Crippen molar-refractivity contribution in [3.8, 4) is 16.9 Å². The van der Waals surface area contributed by atoms with Crippen molar-refractivity contribution in [2.75, 3.05) is 18.4 Å². The molecule has 5 heteroatoms. The molecule has 0 bridgehead atoms. The van der Waals surface area contributed by atoms with E-state index in [0.717, 1.165) is 37.1 Å². The number of nitrogens with one attached hydrogen (secondary N) is 1. The van der Waals surface area contributed by atoms with Crippen LogP contribution in [0.3, 0.4) is 0 Å². The second-order valence-corrected chi connectivity index (χ2v) is 8.33. The highest BCUT2D eigenvalue weighted by Crippen LogP contribution is 2.23. The number of carbonyl (C=O) groups is 2. The monoisotopic (exact) mass is 442 g/mol. The number of likely N-dealkylation sites (tertiary alicyclic amines) is 1. The Bertz CT molecular complexity index is 1070. The van der Waals surface area contributed by atoms with Crippen molar-refractivity contribution < 1.29 is 14.3 Å². The molecule has 1 unspecified atom stereocenters. The van der Waals surface area contributed by atoms with Gasteiger partial charge in [0.1, 0.15) is 5.75 Å². The minimum Gasteiger partial charge on any atom is -0.481 e. The Hall–Kier alpha value is -3.60. The van der Waals surface area contributed by atoms with Crippen molar-refractivity contribution in [3.05, 3.63) is 84.4 Å². The molecule has 5 nitrogen and oxygen atoms in total. The van der Waals surface area contributed by atoms with Crippen LogP contribution in [0.1, 0.15) is 43.0 Å². The Labute approximate surface area is 195 Å². The number of benzene rings is 3. The van der Waals surface area contributed by atoms with Gasteiger partial charge in [-0.2, -0.15) is 0 Å². The summed E-state index contributed by atoms with van der Waals surface area (Å²) in [5, 5.41) is 2.91. The van der Waals surface area contributed by atoms with E-state index in [1.54, 1.807) is 24.3 Å². The first kappa shape index (κ1) is 22.6. The van der Waals surface area contributed by atoms with Gasteiger partial charge in [-0.05, 0) is 67.1 Å². The van der Waals surface area contributed by atoms with E-state index in [1.165, 1.54) is 6.42 Å². The largest absolute Gasteiger partial charge is 0.481 e. The number of amides is 2. The third kappa shape index (κ3) is 5.80. The highest BCUT2D eigenvalue weighted by Gasteiger charge is 2.21. The van der Waals surface area contributed by atoms with Crippen LogP contribution in [-0.2, 0) is 4.79 Å². The second kappa shape index (κ2) is 10.8. The van der Waals surface area contributed by atoms with E-state index in [9.17, 15) is 9.59 Å². The lowest BCUT2D eigenvalue weighted by molar-refractivity contribution is -0.122. The van der Waals surface area contributed by atoms with Crippen molar-refractivity contribution in [3.63, 3.8) is 0 Å². The maximum atomic E-state index is 12.9. The van der Waals surface area contributed by atoms with Gasteiger partial charge in [-0.3, -0.25) is 9.59 Å². The van der Waals surface area contributed by atoms with Gasteiger partial charge in [0.25, 0.3) is 11.8 Å². The molecule has 3 aromatic carbocycles. The lowest BCUT2D eigenvalue weighted by Crippen LogP contribution is -2.35. The van der Waals surface area contributed by atoms with Crippen LogP contribution >= 0.6 is 0 Å². The molecule has 33 heavy (non-hydrogen) atoms. The van der Waals surface area contributed by atoms with Crippen LogP contribution in [0.25, 0.3) is 11.1 Å². The number of carbonyl (C=O) groups excluding carboxylic acids is 2. The van der Waals surface area contributed by atoms with E-state index in [2.05, 4.69) is 17.4 Å². The summed E-state index contributed by atoms with van der Waals surface area (Å²) in [6.45, 7) is 3.51. The SMILES string of the molecule is CCC(Oc1ccc(-c2ccccc2)cc1)C(=O)Nc1cccc(C(=O)N2CCCCC2)c1. The number of piperidine rings is 1. The van der Waals surface area contributed by atoms with Crippen molar-refractivity contribution in [2.45, 2.75) is 38.7 Å². The van der Waals surface area contributed by atoms with E-state index in [4.69, 9.17) is 4.74 Å². The molecule has 0 radical (unpaired) electrons. The maximum absolute atomic E-state index is 12.9. The summed E-state index contributed by atoms with van der Waals surface area (Å²) >= 11 is 0. The molecular formula is C28H30N2O3. The molecule has 2 amide bonds. The number of rotatable bonds is 7. The fraction of sp³-hybridized carbons (Fsp3) is 0.286. The predicted molar refractivity (Wildman–Crippen MR) is 131 cm³/mol. The third-order valence-corrected chi connectivity index (χ3v) is 5.92. The van der Waals surface area contributed by atoms with Crippen LogP contribution < -0.4 is 10.1 Å². The van der Waals surface area contributed by atoms with Crippen molar-refractivity contribution >= 4 is 17.5 Å². The molecule has 0 saturated carbocycles. The van der Waals surface area contributed by atoms with E-state index in [0.29, 0.717) is 23.4 Å². The van der Waals surface area contributed by atoms with Crippen molar-refractivity contribution in [2.24, 2.45) is 0 Å². The average molecular weight is 443 g/mol. The zero-order valence-corrected chi connectivity index (χ0v) is 19.0. The highest BCUT2D eigenvalue weighted by molar-refractivity contribution is 5.98. The first-order valence-corrected chi connectivity index (χ1v) is 11.7. The smallest absolute Gasteiger partial charge is 0.265 e. The van der Waals surface area contributed by atoms with E-state index in [-0.39, 0.29) is 11.8 Å². The zero-order valence-electron chi connectivity index (χ0n) is 19.0. The highest BCUT2D eigenvalue weighted by atomic mass is 16.5. The van der Waals surface area contributed by atoms with Gasteiger partial charge in [-0.25, -0.2) is 0 Å². The summed E-state index contributed by atoms with van der Waals surface area (Å²) in [6, 6.07) is 25.0. The molecule has 0 aliphatic carbocycles. The fourth-order valence-electron chi connectivity index (χ4n) is 4.08. The molecule has 1 saturated heterocycles. The number of hydrogen-bond acceptors (Lipinski definition) is 3. The minimum atomic E-state index is -0.631. The lowest BCUT2D eigenvalue weighted by atomic mass is 10.1. The van der Waals surface area contributed by atoms with E-state index < -0.39 is 6.10 Å². The van der Waals surface area contributed by atoms with Gasteiger partial charge in [0.15, 0.2) is 6.10 Å². The number of anilines is 1. The van der Waals surface area contributed by atoms with Gasteiger partial charge in [0, 0.05) is 24.3 Å². The lowest BCUT2D eigenvalue weighted by Gasteiger charge is -2.27. The molecule has 1 fully saturated rings. The predicted octanol–water partition coefficient (Wildman–Crippen LogP) is 5.78. The Balaban J connectivity index is 1.39. The van der Waals surface area contributed by atoms with E-state index >= 15 is 0 Å². The topological polar surface area (TPSA) is 58.6 Å². The summed E-state index contributed by atoms with van der Waals surface area (Å²) in [5.74, 6) is 0.436. The van der Waals surface area contributed by atoms with Gasteiger partial charge in [-0.15, -0.1) is 0 Å². The second-order valence-electron chi connectivity index (χ2n) is 8.33. The molecule has 3 aromatic rings. The number of ether oxygens (including phenoxy) is 1. The summed E-state index contributed by atoms with van der Waals surface area (Å²) in [6.07, 6.45) is 3.16. The molecule has 1 atom stereocenters. The number of hydrogen-bond donors (Lipinski definition) is 1. The summed E-state index contributed by atoms with van der Waals surface area (Å²) in [5.41, 5.74) is 3.42. The Kier molecular flexibility index (Phi) is 7.40. The van der Waals surface area contributed by atoms with Gasteiger partial charge >= 0.3 is 0 Å². The zero-order chi connectivity index (χ0) is 23.0. The van der Waals surface area contributed by atoms with Crippen LogP contribution in [0, 0.1) is 0 Å². The Morgan fingerprint density at radius 1 is 0.879 bits per heavy atom. The molecule has 170 valence electrons. The Morgan fingerprint density at radius 2 is 1.58 bits per heavy atom. The molecule has 0 spiro atoms. The first-order valence-electron chi connectivity index (χ1n) is 11.7. The molecule has 1 aliphatic heterocycles. The van der Waals surface area contributed by atoms with Gasteiger partial charge < -0.3 is 15.0 Å². The molecule has 4 rings (SSSR count). The standard InChI is InChI=1S/C28H30N2O3/c1-2-26(33-25-16-14-22(15-17-25)21-10-5-3-6-11-21)27(31)29-24-13-9-12-23(20-24)28(32)30-18-7-4-8-19-30/h3,5-6,9-17,20,26H,2,4,7-8,18-19H2,1H3,(H,29,31). The molecule has 1 aliphatic rings. The number of nitrogens with zero attached hydrogens (tertiary/aromatic N) is 1. The molecule has 0 aromatic heterocycles. The molecule has 1 N–H and O–H groups in total. The molecular weight excluding hydrogens is 412 g/mol. The quantitative estimate of drug-likeness (QED) is 0.505.